The Hall–Kier alpha value is -15.6. The molecule has 0 aliphatic heterocycles. The maximum atomic E-state index is 2.41. The number of aryl methyl sites for hydroxylation is 10. The van der Waals surface area contributed by atoms with E-state index < -0.39 is 0 Å². The lowest BCUT2D eigenvalue weighted by Gasteiger charge is -2.34. The van der Waals surface area contributed by atoms with Gasteiger partial charge in [0.25, 0.3) is 0 Å². The van der Waals surface area contributed by atoms with Gasteiger partial charge in [0.15, 0.2) is 0 Å². The molecule has 0 fully saturated rings. The zero-order valence-corrected chi connectivity index (χ0v) is 78.5. The Kier molecular flexibility index (Phi) is 21.5. The summed E-state index contributed by atoms with van der Waals surface area (Å²) in [6, 6.07) is 175. The molecule has 0 saturated heterocycles. The maximum Gasteiger partial charge on any atom is 0.0725 e. The molecule has 0 amide bonds. The highest BCUT2D eigenvalue weighted by Crippen LogP contribution is 2.65. The van der Waals surface area contributed by atoms with Gasteiger partial charge in [-0.2, -0.15) is 0 Å². The lowest BCUT2D eigenvalue weighted by atomic mass is 9.67. The first kappa shape index (κ1) is 84.9. The van der Waals surface area contributed by atoms with E-state index in [1.165, 1.54) is 234 Å². The van der Waals surface area contributed by atoms with Crippen molar-refractivity contribution in [1.82, 2.24) is 0 Å². The summed E-state index contributed by atoms with van der Waals surface area (Å²) in [7, 11) is 0. The van der Waals surface area contributed by atoms with Gasteiger partial charge >= 0.3 is 0 Å². The van der Waals surface area contributed by atoms with E-state index >= 15 is 0 Å². The summed E-state index contributed by atoms with van der Waals surface area (Å²) < 4.78 is 0. The molecule has 0 N–H and O–H groups in total. The molecule has 0 aromatic heterocycles. The van der Waals surface area contributed by atoms with Crippen LogP contribution in [0, 0.1) is 69.2 Å². The van der Waals surface area contributed by atoms with Crippen LogP contribution >= 0.6 is 0 Å². The van der Waals surface area contributed by atoms with E-state index in [0.717, 1.165) is 0 Å². The van der Waals surface area contributed by atoms with Crippen molar-refractivity contribution in [2.45, 2.75) is 96.3 Å². The van der Waals surface area contributed by atoms with Gasteiger partial charge in [0.2, 0.25) is 0 Å². The van der Waals surface area contributed by atoms with E-state index in [-0.39, 0.29) is 27.1 Å². The van der Waals surface area contributed by atoms with Gasteiger partial charge < -0.3 is 0 Å². The number of benzene rings is 20. The van der Waals surface area contributed by atoms with Crippen LogP contribution in [0.3, 0.4) is 0 Å². The van der Waals surface area contributed by atoms with Crippen molar-refractivity contribution >= 4 is 0 Å². The Balaban J connectivity index is 0.0000000980. The summed E-state index contributed by atoms with van der Waals surface area (Å²) in [6.07, 6.45) is 0. The minimum Gasteiger partial charge on any atom is -0.0622 e. The second-order valence-corrected chi connectivity index (χ2v) is 38.2. The summed E-state index contributed by atoms with van der Waals surface area (Å²) in [5, 5.41) is 0. The summed E-state index contributed by atoms with van der Waals surface area (Å²) in [6.45, 7) is 21.8. The number of fused-ring (bicyclic) bond motifs is 22. The summed E-state index contributed by atoms with van der Waals surface area (Å²) in [5.41, 5.74) is 55.4. The van der Waals surface area contributed by atoms with Crippen LogP contribution in [0.5, 0.6) is 0 Å². The molecular weight excluding hydrogens is 1620 g/mol. The third-order valence-corrected chi connectivity index (χ3v) is 29.9. The lowest BCUT2D eigenvalue weighted by Crippen LogP contribution is -2.28. The van der Waals surface area contributed by atoms with Crippen molar-refractivity contribution in [2.24, 2.45) is 0 Å². The van der Waals surface area contributed by atoms with Gasteiger partial charge in [-0.15, -0.1) is 0 Å². The van der Waals surface area contributed by atoms with Gasteiger partial charge in [0.05, 0.1) is 27.1 Å². The number of hydrogen-bond acceptors (Lipinski definition) is 0. The first-order valence-corrected chi connectivity index (χ1v) is 47.8. The van der Waals surface area contributed by atoms with Crippen LogP contribution in [0.4, 0.5) is 0 Å². The molecule has 648 valence electrons. The van der Waals surface area contributed by atoms with Gasteiger partial charge in [-0.05, 0) is 247 Å². The van der Waals surface area contributed by atoms with E-state index in [4.69, 9.17) is 0 Å². The predicted octanol–water partition coefficient (Wildman–Crippen LogP) is 33.3. The molecule has 26 rings (SSSR count). The fraction of sp³-hybridized carbons (Fsp3) is 0.111. The van der Waals surface area contributed by atoms with E-state index in [9.17, 15) is 0 Å². The Morgan fingerprint density at radius 1 is 0.0963 bits per heavy atom. The Bertz CT molecular complexity index is 7370. The molecule has 1 atom stereocenters. The summed E-state index contributed by atoms with van der Waals surface area (Å²) in [4.78, 5) is 0. The van der Waals surface area contributed by atoms with Gasteiger partial charge in [-0.25, -0.2) is 0 Å². The molecular formula is C135H108. The third-order valence-electron chi connectivity index (χ3n) is 29.9. The highest BCUT2D eigenvalue weighted by molar-refractivity contribution is 5.97. The van der Waals surface area contributed by atoms with Crippen molar-refractivity contribution in [3.8, 4) is 66.8 Å². The van der Waals surface area contributed by atoms with Crippen LogP contribution in [0.1, 0.15) is 167 Å². The predicted molar refractivity (Wildman–Crippen MR) is 565 cm³/mol. The van der Waals surface area contributed by atoms with E-state index in [2.05, 4.69) is 542 Å². The summed E-state index contributed by atoms with van der Waals surface area (Å²) in [5.74, 6) is 0. The molecule has 0 bridgehead atoms. The Morgan fingerprint density at radius 2 is 0.252 bits per heavy atom. The smallest absolute Gasteiger partial charge is 0.0622 e. The molecule has 6 aliphatic carbocycles. The maximum absolute atomic E-state index is 2.41. The van der Waals surface area contributed by atoms with Gasteiger partial charge in [0.1, 0.15) is 0 Å². The standard InChI is InChI=1S/C27H20.4C27H22/c1-17-11-13-21-22-14-12-18(2)16-26(22)27(25(21)15-17)23-9-5-3-7-19(23)20-8-4-6-10-24(20)27;1-19-9-7-11-21(17-19)27(22-12-8-10-20(2)18-22)25-15-5-3-13-23(25)24-14-4-6-16-26(24)27;1-19-11-15-21(16-12-19)27(22-17-13-20(2)14-18-22)25-9-5-3-7-23(25)24-8-4-6-10-26(24)27;1-19-13-15-23-24-16-14-20(2)18-26(24)27(25(23)17-19,21-9-5-3-6-10-21)22-11-7-4-8-12-22;1-19-12-15-22(16-13-19)27(21-8-4-3-5-9-21)25-11-7-6-10-23(25)24-17-14-20(2)18-26(24)27/h3-16H,1-2H3;4*3-18H,1-2H3. The average molecular weight is 1730 g/mol. The summed E-state index contributed by atoms with van der Waals surface area (Å²) >= 11 is 0. The fourth-order valence-corrected chi connectivity index (χ4v) is 24.2. The van der Waals surface area contributed by atoms with E-state index in [1.807, 2.05) is 0 Å². The lowest BCUT2D eigenvalue weighted by molar-refractivity contribution is 0.766. The molecule has 0 saturated carbocycles. The highest BCUT2D eigenvalue weighted by atomic mass is 14.6. The monoisotopic (exact) mass is 1730 g/mol. The normalized spacial score (nSPS) is 14.7. The second kappa shape index (κ2) is 34.2. The van der Waals surface area contributed by atoms with Crippen LogP contribution in [-0.4, -0.2) is 0 Å². The van der Waals surface area contributed by atoms with E-state index in [1.54, 1.807) is 0 Å². The SMILES string of the molecule is Cc1ccc(C2(c3ccc(C)cc3)c3ccccc3-c3ccccc32)cc1.Cc1ccc(C2(c3ccccc3)c3ccccc3-c3ccc(C)cc32)cc1.Cc1ccc2c(c1)C(c1ccccc1)(c1ccccc1)c1cc(C)ccc1-2.Cc1ccc2c(c1)C1(c3ccccc3-c3ccccc31)c1cc(C)ccc1-2.Cc1cccc(C2(c3cccc(C)c3)c3ccccc3-c3ccccc32)c1. The van der Waals surface area contributed by atoms with Crippen molar-refractivity contribution in [1.29, 1.82) is 0 Å². The minimum absolute atomic E-state index is 0.199. The first-order chi connectivity index (χ1) is 66.0. The molecule has 0 nitrogen and oxygen atoms in total. The van der Waals surface area contributed by atoms with Gasteiger partial charge in [0, 0.05) is 0 Å². The Labute approximate surface area is 797 Å². The van der Waals surface area contributed by atoms with Crippen LogP contribution in [-0.2, 0) is 27.1 Å². The van der Waals surface area contributed by atoms with Crippen LogP contribution in [0.15, 0.2) is 473 Å². The largest absolute Gasteiger partial charge is 0.0725 e. The van der Waals surface area contributed by atoms with Crippen LogP contribution < -0.4 is 0 Å². The third kappa shape index (κ3) is 13.5. The zero-order chi connectivity index (χ0) is 91.9. The Morgan fingerprint density at radius 3 is 0.489 bits per heavy atom. The number of hydrogen-bond donors (Lipinski definition) is 0. The molecule has 135 heavy (non-hydrogen) atoms. The molecule has 0 heterocycles. The van der Waals surface area contributed by atoms with Crippen molar-refractivity contribution in [2.75, 3.05) is 0 Å². The van der Waals surface area contributed by atoms with Gasteiger partial charge in [-0.3, -0.25) is 0 Å². The topological polar surface area (TPSA) is 0 Å². The van der Waals surface area contributed by atoms with Crippen molar-refractivity contribution in [3.05, 3.63) is 640 Å². The molecule has 6 aliphatic rings. The molecule has 0 heteroatoms. The second-order valence-electron chi connectivity index (χ2n) is 38.2. The highest BCUT2D eigenvalue weighted by Gasteiger charge is 2.54. The fourth-order valence-electron chi connectivity index (χ4n) is 24.2. The van der Waals surface area contributed by atoms with Crippen LogP contribution in [0.2, 0.25) is 0 Å². The first-order valence-electron chi connectivity index (χ1n) is 47.8. The molecule has 20 aromatic carbocycles. The minimum atomic E-state index is -0.273. The van der Waals surface area contributed by atoms with Crippen molar-refractivity contribution < 1.29 is 0 Å². The quantitative estimate of drug-likeness (QED) is 0.142. The molecule has 1 spiro atoms. The van der Waals surface area contributed by atoms with Crippen LogP contribution in [0.25, 0.3) is 66.8 Å². The zero-order valence-electron chi connectivity index (χ0n) is 78.5. The van der Waals surface area contributed by atoms with Gasteiger partial charge in [-0.1, -0.05) is 529 Å². The number of rotatable bonds is 8. The molecule has 0 radical (unpaired) electrons. The molecule has 1 unspecified atom stereocenters. The molecule has 20 aromatic rings. The van der Waals surface area contributed by atoms with E-state index in [0.29, 0.717) is 0 Å². The van der Waals surface area contributed by atoms with Crippen molar-refractivity contribution in [3.63, 3.8) is 0 Å². The average Bonchev–Trinajstić information content (AvgIpc) is 1.51.